The van der Waals surface area contributed by atoms with E-state index in [-0.39, 0.29) is 23.9 Å². The molecule has 0 bridgehead atoms. The van der Waals surface area contributed by atoms with E-state index in [1.54, 1.807) is 0 Å². The molecular formula is C25H27BrClN3O2. The van der Waals surface area contributed by atoms with Gasteiger partial charge in [-0.1, -0.05) is 52.3 Å². The van der Waals surface area contributed by atoms with E-state index < -0.39 is 0 Å². The topological polar surface area (TPSA) is 43.9 Å². The second-order valence-electron chi connectivity index (χ2n) is 8.51. The van der Waals surface area contributed by atoms with Crippen molar-refractivity contribution in [3.05, 3.63) is 70.2 Å². The number of amides is 2. The molecule has 4 rings (SSSR count). The largest absolute Gasteiger partial charge is 0.336 e. The minimum atomic E-state index is -0.0162. The summed E-state index contributed by atoms with van der Waals surface area (Å²) in [6, 6.07) is 14.0. The fraction of sp³-hybridized carbons (Fsp3) is 0.360. The molecule has 2 aromatic rings. The van der Waals surface area contributed by atoms with Crippen LogP contribution in [0.5, 0.6) is 0 Å². The van der Waals surface area contributed by atoms with Gasteiger partial charge in [-0.05, 0) is 49.8 Å². The molecule has 2 heterocycles. The van der Waals surface area contributed by atoms with Crippen LogP contribution < -0.4 is 0 Å². The lowest BCUT2D eigenvalue weighted by atomic mass is 9.93. The predicted octanol–water partition coefficient (Wildman–Crippen LogP) is 4.70. The van der Waals surface area contributed by atoms with E-state index in [0.29, 0.717) is 36.3 Å². The second kappa shape index (κ2) is 9.38. The van der Waals surface area contributed by atoms with E-state index in [2.05, 4.69) is 41.3 Å². The van der Waals surface area contributed by atoms with E-state index >= 15 is 0 Å². The van der Waals surface area contributed by atoms with Crippen molar-refractivity contribution in [1.82, 2.24) is 14.7 Å². The van der Waals surface area contributed by atoms with Crippen LogP contribution in [-0.4, -0.2) is 70.8 Å². The molecule has 5 nitrogen and oxygen atoms in total. The van der Waals surface area contributed by atoms with Gasteiger partial charge in [-0.3, -0.25) is 14.5 Å². The van der Waals surface area contributed by atoms with E-state index in [1.165, 1.54) is 6.08 Å². The lowest BCUT2D eigenvalue weighted by molar-refractivity contribution is -0.141. The first-order chi connectivity index (χ1) is 15.3. The maximum atomic E-state index is 13.6. The maximum Gasteiger partial charge on any atom is 0.254 e. The van der Waals surface area contributed by atoms with Crippen molar-refractivity contribution in [2.45, 2.75) is 32.0 Å². The Labute approximate surface area is 202 Å². The Morgan fingerprint density at radius 3 is 2.50 bits per heavy atom. The third-order valence-electron chi connectivity index (χ3n) is 6.66. The van der Waals surface area contributed by atoms with Crippen LogP contribution >= 0.6 is 27.5 Å². The number of benzene rings is 2. The van der Waals surface area contributed by atoms with Crippen LogP contribution in [0.3, 0.4) is 0 Å². The highest BCUT2D eigenvalue weighted by atomic mass is 79.9. The molecule has 1 unspecified atom stereocenters. The number of rotatable bonds is 4. The summed E-state index contributed by atoms with van der Waals surface area (Å²) in [5.74, 6) is 0.00148. The van der Waals surface area contributed by atoms with Crippen LogP contribution in [0.15, 0.2) is 59.6 Å². The summed E-state index contributed by atoms with van der Waals surface area (Å²) in [5.41, 5.74) is 2.33. The second-order valence-corrected chi connectivity index (χ2v) is 9.83. The summed E-state index contributed by atoms with van der Waals surface area (Å²) in [6.07, 6.45) is 1.38. The molecule has 2 aromatic carbocycles. The minimum absolute atomic E-state index is 0.0162. The molecule has 7 heteroatoms. The first-order valence-corrected chi connectivity index (χ1v) is 12.0. The molecule has 0 saturated carbocycles. The van der Waals surface area contributed by atoms with Gasteiger partial charge in [0, 0.05) is 64.9 Å². The van der Waals surface area contributed by atoms with E-state index in [0.717, 1.165) is 22.1 Å². The molecule has 3 atom stereocenters. The summed E-state index contributed by atoms with van der Waals surface area (Å²) in [5, 5.41) is 0.621. The molecule has 32 heavy (non-hydrogen) atoms. The summed E-state index contributed by atoms with van der Waals surface area (Å²) in [7, 11) is 0. The fourth-order valence-corrected chi connectivity index (χ4v) is 5.40. The van der Waals surface area contributed by atoms with Gasteiger partial charge in [-0.2, -0.15) is 0 Å². The fourth-order valence-electron chi connectivity index (χ4n) is 4.80. The highest BCUT2D eigenvalue weighted by Crippen LogP contribution is 2.34. The SMILES string of the molecule is C=CC(=O)N1CC(N2CCN(C(=O)c3ccc(Br)cc3-c3ccccc3Cl)C[C@H]2C)[C@H]1C. The molecule has 0 aromatic heterocycles. The van der Waals surface area contributed by atoms with Crippen molar-refractivity contribution in [2.75, 3.05) is 26.2 Å². The quantitative estimate of drug-likeness (QED) is 0.553. The van der Waals surface area contributed by atoms with Crippen LogP contribution in [0.25, 0.3) is 11.1 Å². The molecule has 2 aliphatic heterocycles. The zero-order chi connectivity index (χ0) is 23.0. The van der Waals surface area contributed by atoms with Crippen molar-refractivity contribution in [3.63, 3.8) is 0 Å². The number of hydrogen-bond acceptors (Lipinski definition) is 3. The zero-order valence-electron chi connectivity index (χ0n) is 18.3. The first-order valence-electron chi connectivity index (χ1n) is 10.8. The lowest BCUT2D eigenvalue weighted by Crippen LogP contribution is -2.70. The van der Waals surface area contributed by atoms with Crippen molar-refractivity contribution in [3.8, 4) is 11.1 Å². The van der Waals surface area contributed by atoms with Gasteiger partial charge >= 0.3 is 0 Å². The van der Waals surface area contributed by atoms with Crippen LogP contribution in [0, 0.1) is 0 Å². The Hall–Kier alpha value is -2.15. The van der Waals surface area contributed by atoms with Crippen LogP contribution in [-0.2, 0) is 4.79 Å². The molecule has 2 fully saturated rings. The predicted molar refractivity (Wildman–Crippen MR) is 132 cm³/mol. The summed E-state index contributed by atoms with van der Waals surface area (Å²) >= 11 is 9.98. The number of nitrogens with zero attached hydrogens (tertiary/aromatic N) is 3. The lowest BCUT2D eigenvalue weighted by Gasteiger charge is -2.54. The van der Waals surface area contributed by atoms with Gasteiger partial charge in [0.05, 0.1) is 0 Å². The van der Waals surface area contributed by atoms with E-state index in [1.807, 2.05) is 52.3 Å². The number of carbonyl (C=O) groups excluding carboxylic acids is 2. The summed E-state index contributed by atoms with van der Waals surface area (Å²) in [4.78, 5) is 31.7. The van der Waals surface area contributed by atoms with Crippen LogP contribution in [0.4, 0.5) is 0 Å². The van der Waals surface area contributed by atoms with Gasteiger partial charge in [-0.15, -0.1) is 0 Å². The van der Waals surface area contributed by atoms with Crippen LogP contribution in [0.2, 0.25) is 5.02 Å². The van der Waals surface area contributed by atoms with Gasteiger partial charge in [0.25, 0.3) is 5.91 Å². The third-order valence-corrected chi connectivity index (χ3v) is 7.48. The smallest absolute Gasteiger partial charge is 0.254 e. The Bertz CT molecular complexity index is 1060. The highest BCUT2D eigenvalue weighted by Gasteiger charge is 2.44. The minimum Gasteiger partial charge on any atom is -0.336 e. The number of halogens is 2. The standard InChI is InChI=1S/C25H27BrClN3O2/c1-4-24(31)30-15-23(17(30)3)29-12-11-28(14-16(29)2)25(32)20-10-9-18(26)13-21(20)19-7-5-6-8-22(19)27/h4-10,13,16-17,23H,1,11-12,14-15H2,2-3H3/t16-,17-,23?/m1/s1. The molecule has 0 N–H and O–H groups in total. The molecule has 0 radical (unpaired) electrons. The van der Waals surface area contributed by atoms with Crippen LogP contribution in [0.1, 0.15) is 24.2 Å². The number of hydrogen-bond donors (Lipinski definition) is 0. The van der Waals surface area contributed by atoms with Crippen molar-refractivity contribution in [1.29, 1.82) is 0 Å². The van der Waals surface area contributed by atoms with Gasteiger partial charge < -0.3 is 9.80 Å². The van der Waals surface area contributed by atoms with Crippen molar-refractivity contribution < 1.29 is 9.59 Å². The average Bonchev–Trinajstić information content (AvgIpc) is 2.78. The Morgan fingerprint density at radius 1 is 1.09 bits per heavy atom. The Morgan fingerprint density at radius 2 is 1.84 bits per heavy atom. The first kappa shape index (κ1) is 23.0. The molecule has 2 amide bonds. The number of likely N-dealkylation sites (tertiary alicyclic amines) is 1. The summed E-state index contributed by atoms with van der Waals surface area (Å²) < 4.78 is 0.903. The normalized spacial score (nSPS) is 23.6. The van der Waals surface area contributed by atoms with Crippen molar-refractivity contribution in [2.24, 2.45) is 0 Å². The van der Waals surface area contributed by atoms with Gasteiger partial charge in [-0.25, -0.2) is 0 Å². The maximum absolute atomic E-state index is 13.6. The molecule has 0 spiro atoms. The Balaban J connectivity index is 1.50. The number of carbonyl (C=O) groups is 2. The molecule has 0 aliphatic carbocycles. The van der Waals surface area contributed by atoms with Gasteiger partial charge in [0.1, 0.15) is 0 Å². The van der Waals surface area contributed by atoms with Crippen molar-refractivity contribution >= 4 is 39.3 Å². The van der Waals surface area contributed by atoms with E-state index in [4.69, 9.17) is 11.6 Å². The third kappa shape index (κ3) is 4.24. The van der Waals surface area contributed by atoms with E-state index in [9.17, 15) is 9.59 Å². The molecule has 2 saturated heterocycles. The monoisotopic (exact) mass is 515 g/mol. The highest BCUT2D eigenvalue weighted by molar-refractivity contribution is 9.10. The average molecular weight is 517 g/mol. The zero-order valence-corrected chi connectivity index (χ0v) is 20.6. The molecule has 2 aliphatic rings. The molecule has 168 valence electrons. The van der Waals surface area contributed by atoms with Gasteiger partial charge in [0.15, 0.2) is 0 Å². The summed E-state index contributed by atoms with van der Waals surface area (Å²) in [6.45, 7) is 10.6. The number of piperazine rings is 1. The molecular weight excluding hydrogens is 490 g/mol. The van der Waals surface area contributed by atoms with Gasteiger partial charge in [0.2, 0.25) is 5.91 Å². The Kier molecular flexibility index (Phi) is 6.75.